The van der Waals surface area contributed by atoms with Crippen molar-refractivity contribution in [2.75, 3.05) is 11.9 Å². The van der Waals surface area contributed by atoms with E-state index in [2.05, 4.69) is 20.5 Å². The first-order valence-electron chi connectivity index (χ1n) is 9.08. The SMILES string of the molecule is CCOC(=O)c1cnn(C)c1NC(=O)c1cc2nc(C3CC3)cc(C(F)F)n2n1. The number of carbonyl (C=O) groups excluding carboxylic acids is 2. The summed E-state index contributed by atoms with van der Waals surface area (Å²) in [4.78, 5) is 29.1. The summed E-state index contributed by atoms with van der Waals surface area (Å²) < 4.78 is 34.2. The number of anilines is 1. The van der Waals surface area contributed by atoms with E-state index in [0.717, 1.165) is 17.4 Å². The number of ether oxygens (including phenoxy) is 1. The molecule has 3 aromatic heterocycles. The molecule has 1 amide bonds. The first-order valence-corrected chi connectivity index (χ1v) is 9.08. The molecule has 0 radical (unpaired) electrons. The van der Waals surface area contributed by atoms with E-state index in [4.69, 9.17) is 4.74 Å². The van der Waals surface area contributed by atoms with E-state index in [1.807, 2.05) is 0 Å². The van der Waals surface area contributed by atoms with Crippen LogP contribution in [0.2, 0.25) is 0 Å². The van der Waals surface area contributed by atoms with Crippen molar-refractivity contribution >= 4 is 23.3 Å². The van der Waals surface area contributed by atoms with E-state index in [1.54, 1.807) is 14.0 Å². The van der Waals surface area contributed by atoms with Gasteiger partial charge in [0.2, 0.25) is 0 Å². The van der Waals surface area contributed by atoms with E-state index >= 15 is 0 Å². The molecule has 9 nitrogen and oxygen atoms in total. The standard InChI is InChI=1S/C18H18F2N6O3/c1-3-29-18(28)10-8-21-25(2)16(10)23-17(27)12-7-14-22-11(9-4-5-9)6-13(15(19)20)26(14)24-12/h6-9,15H,3-5H2,1-2H3,(H,23,27). The summed E-state index contributed by atoms with van der Waals surface area (Å²) in [6.07, 6.45) is 0.325. The maximum atomic E-state index is 13.5. The molecule has 0 atom stereocenters. The van der Waals surface area contributed by atoms with Crippen LogP contribution in [0.25, 0.3) is 5.65 Å². The van der Waals surface area contributed by atoms with Crippen molar-refractivity contribution in [3.63, 3.8) is 0 Å². The van der Waals surface area contributed by atoms with Crippen molar-refractivity contribution in [2.24, 2.45) is 7.05 Å². The molecule has 0 unspecified atom stereocenters. The number of carbonyl (C=O) groups is 2. The van der Waals surface area contributed by atoms with E-state index in [1.165, 1.54) is 23.0 Å². The maximum Gasteiger partial charge on any atom is 0.343 e. The van der Waals surface area contributed by atoms with Gasteiger partial charge in [0.1, 0.15) is 17.1 Å². The number of nitrogens with one attached hydrogen (secondary N) is 1. The number of hydrogen-bond acceptors (Lipinski definition) is 6. The molecule has 29 heavy (non-hydrogen) atoms. The van der Waals surface area contributed by atoms with Gasteiger partial charge in [-0.25, -0.2) is 23.1 Å². The van der Waals surface area contributed by atoms with Crippen molar-refractivity contribution in [3.05, 3.63) is 41.0 Å². The van der Waals surface area contributed by atoms with Crippen LogP contribution in [0, 0.1) is 0 Å². The average Bonchev–Trinajstić information content (AvgIpc) is 3.34. The molecule has 3 heterocycles. The molecule has 0 bridgehead atoms. The van der Waals surface area contributed by atoms with Crippen LogP contribution in [0.1, 0.15) is 64.3 Å². The molecule has 11 heteroatoms. The number of aryl methyl sites for hydroxylation is 1. The molecular formula is C18H18F2N6O3. The zero-order chi connectivity index (χ0) is 20.7. The van der Waals surface area contributed by atoms with E-state index in [9.17, 15) is 18.4 Å². The largest absolute Gasteiger partial charge is 0.462 e. The Morgan fingerprint density at radius 2 is 2.10 bits per heavy atom. The summed E-state index contributed by atoms with van der Waals surface area (Å²) in [6, 6.07) is 2.68. The third-order valence-electron chi connectivity index (χ3n) is 4.59. The summed E-state index contributed by atoms with van der Waals surface area (Å²) in [5.74, 6) is -1.03. The van der Waals surface area contributed by atoms with Gasteiger partial charge in [0.05, 0.1) is 12.8 Å². The van der Waals surface area contributed by atoms with Crippen molar-refractivity contribution < 1.29 is 23.1 Å². The van der Waals surface area contributed by atoms with Crippen LogP contribution in [-0.2, 0) is 11.8 Å². The fourth-order valence-electron chi connectivity index (χ4n) is 2.99. The molecule has 0 saturated heterocycles. The Hall–Kier alpha value is -3.37. The van der Waals surface area contributed by atoms with Gasteiger partial charge in [-0.15, -0.1) is 0 Å². The number of rotatable bonds is 6. The van der Waals surface area contributed by atoms with Crippen LogP contribution in [0.15, 0.2) is 18.3 Å². The van der Waals surface area contributed by atoms with Gasteiger partial charge >= 0.3 is 5.97 Å². The molecule has 1 aliphatic rings. The third-order valence-corrected chi connectivity index (χ3v) is 4.59. The van der Waals surface area contributed by atoms with E-state index < -0.39 is 18.3 Å². The fourth-order valence-corrected chi connectivity index (χ4v) is 2.99. The van der Waals surface area contributed by atoms with Crippen LogP contribution < -0.4 is 5.32 Å². The Morgan fingerprint density at radius 3 is 2.76 bits per heavy atom. The number of nitrogens with zero attached hydrogens (tertiary/aromatic N) is 5. The van der Waals surface area contributed by atoms with E-state index in [0.29, 0.717) is 5.69 Å². The van der Waals surface area contributed by atoms with Gasteiger partial charge in [-0.05, 0) is 25.8 Å². The Morgan fingerprint density at radius 1 is 1.34 bits per heavy atom. The fraction of sp³-hybridized carbons (Fsp3) is 0.389. The highest BCUT2D eigenvalue weighted by atomic mass is 19.3. The highest BCUT2D eigenvalue weighted by Gasteiger charge is 2.29. The molecular weight excluding hydrogens is 386 g/mol. The molecule has 3 aromatic rings. The highest BCUT2D eigenvalue weighted by Crippen LogP contribution is 2.40. The summed E-state index contributed by atoms with van der Waals surface area (Å²) in [5, 5.41) is 10.5. The van der Waals surface area contributed by atoms with Crippen molar-refractivity contribution in [1.82, 2.24) is 24.4 Å². The monoisotopic (exact) mass is 404 g/mol. The molecule has 4 rings (SSSR count). The lowest BCUT2D eigenvalue weighted by atomic mass is 10.2. The van der Waals surface area contributed by atoms with Crippen LogP contribution in [0.3, 0.4) is 0 Å². The molecule has 1 N–H and O–H groups in total. The number of aromatic nitrogens is 5. The second-order valence-electron chi connectivity index (χ2n) is 6.69. The summed E-state index contributed by atoms with van der Waals surface area (Å²) in [6.45, 7) is 1.83. The van der Waals surface area contributed by atoms with Gasteiger partial charge in [0.15, 0.2) is 11.3 Å². The van der Waals surface area contributed by atoms with Gasteiger partial charge in [0, 0.05) is 24.7 Å². The Labute approximate surface area is 163 Å². The first kappa shape index (κ1) is 19.0. The van der Waals surface area contributed by atoms with Gasteiger partial charge in [-0.1, -0.05) is 0 Å². The topological polar surface area (TPSA) is 103 Å². The second-order valence-corrected chi connectivity index (χ2v) is 6.69. The minimum absolute atomic E-state index is 0.0777. The molecule has 1 saturated carbocycles. The highest BCUT2D eigenvalue weighted by molar-refractivity contribution is 6.06. The number of amides is 1. The van der Waals surface area contributed by atoms with Crippen LogP contribution >= 0.6 is 0 Å². The molecule has 0 spiro atoms. The van der Waals surface area contributed by atoms with Crippen molar-refractivity contribution in [1.29, 1.82) is 0 Å². The summed E-state index contributed by atoms with van der Waals surface area (Å²) >= 11 is 0. The zero-order valence-corrected chi connectivity index (χ0v) is 15.7. The Kier molecular flexibility index (Phi) is 4.73. The normalized spacial score (nSPS) is 13.8. The van der Waals surface area contributed by atoms with Gasteiger partial charge in [-0.3, -0.25) is 9.48 Å². The number of hydrogen-bond donors (Lipinski definition) is 1. The Balaban J connectivity index is 1.67. The minimum atomic E-state index is -2.76. The average molecular weight is 404 g/mol. The lowest BCUT2D eigenvalue weighted by Crippen LogP contribution is -2.18. The predicted octanol–water partition coefficient (Wildman–Crippen LogP) is 2.71. The van der Waals surface area contributed by atoms with Gasteiger partial charge in [-0.2, -0.15) is 10.2 Å². The van der Waals surface area contributed by atoms with Gasteiger partial charge in [0.25, 0.3) is 12.3 Å². The molecule has 152 valence electrons. The van der Waals surface area contributed by atoms with Crippen LogP contribution in [-0.4, -0.2) is 42.9 Å². The quantitative estimate of drug-likeness (QED) is 0.634. The Bertz CT molecular complexity index is 1100. The van der Waals surface area contributed by atoms with Crippen LogP contribution in [0.5, 0.6) is 0 Å². The van der Waals surface area contributed by atoms with Crippen molar-refractivity contribution in [3.8, 4) is 0 Å². The minimum Gasteiger partial charge on any atom is -0.462 e. The maximum absolute atomic E-state index is 13.5. The summed E-state index contributed by atoms with van der Waals surface area (Å²) in [7, 11) is 1.54. The number of halogens is 2. The number of fused-ring (bicyclic) bond motifs is 1. The smallest absolute Gasteiger partial charge is 0.343 e. The molecule has 1 aliphatic carbocycles. The zero-order valence-electron chi connectivity index (χ0n) is 15.7. The third kappa shape index (κ3) is 3.55. The lowest BCUT2D eigenvalue weighted by molar-refractivity contribution is 0.0527. The van der Waals surface area contributed by atoms with E-state index in [-0.39, 0.29) is 40.9 Å². The predicted molar refractivity (Wildman–Crippen MR) is 97.0 cm³/mol. The number of alkyl halides is 2. The molecule has 1 fully saturated rings. The first-order chi connectivity index (χ1) is 13.9. The van der Waals surface area contributed by atoms with Crippen LogP contribution in [0.4, 0.5) is 14.6 Å². The number of esters is 1. The van der Waals surface area contributed by atoms with Crippen molar-refractivity contribution in [2.45, 2.75) is 32.1 Å². The lowest BCUT2D eigenvalue weighted by Gasteiger charge is -2.07. The second kappa shape index (κ2) is 7.22. The molecule has 0 aromatic carbocycles. The molecule has 0 aliphatic heterocycles. The summed E-state index contributed by atoms with van der Waals surface area (Å²) in [5.41, 5.74) is 0.405. The van der Waals surface area contributed by atoms with Gasteiger partial charge < -0.3 is 10.1 Å².